The van der Waals surface area contributed by atoms with E-state index in [1.165, 1.54) is 11.4 Å². The molecule has 0 amide bonds. The van der Waals surface area contributed by atoms with Gasteiger partial charge in [-0.1, -0.05) is 0 Å². The normalized spacial score (nSPS) is 12.2. The molecule has 0 aliphatic heterocycles. The van der Waals surface area contributed by atoms with E-state index >= 15 is 0 Å². The molecule has 0 fully saturated rings. The monoisotopic (exact) mass is 255 g/mol. The molecule has 1 N–H and O–H groups in total. The minimum atomic E-state index is -3.38. The largest absolute Gasteiger partial charge is 0.395 e. The topological polar surface area (TPSA) is 76.1 Å². The van der Waals surface area contributed by atoms with Crippen LogP contribution < -0.4 is 0 Å². The van der Waals surface area contributed by atoms with Crippen LogP contribution in [0.5, 0.6) is 0 Å². The molecule has 0 atom stereocenters. The Morgan fingerprint density at radius 1 is 1.12 bits per heavy atom. The van der Waals surface area contributed by atoms with Crippen LogP contribution in [-0.4, -0.2) is 70.7 Å². The molecule has 0 aliphatic rings. The Morgan fingerprint density at radius 3 is 2.25 bits per heavy atom. The third-order valence-electron chi connectivity index (χ3n) is 2.04. The van der Waals surface area contributed by atoms with Crippen LogP contribution in [0.3, 0.4) is 0 Å². The molecular weight excluding hydrogens is 234 g/mol. The highest BCUT2D eigenvalue weighted by atomic mass is 32.2. The van der Waals surface area contributed by atoms with Crippen molar-refractivity contribution in [3.8, 4) is 0 Å². The maximum atomic E-state index is 11.7. The number of methoxy groups -OCH3 is 2. The van der Waals surface area contributed by atoms with Crippen molar-refractivity contribution in [1.29, 1.82) is 0 Å². The van der Waals surface area contributed by atoms with Crippen molar-refractivity contribution in [3.05, 3.63) is 0 Å². The molecule has 6 nitrogen and oxygen atoms in total. The third-order valence-corrected chi connectivity index (χ3v) is 3.89. The highest BCUT2D eigenvalue weighted by Crippen LogP contribution is 2.03. The molecule has 98 valence electrons. The average molecular weight is 255 g/mol. The van der Waals surface area contributed by atoms with Crippen LogP contribution in [0, 0.1) is 0 Å². The first-order chi connectivity index (χ1) is 7.58. The summed E-state index contributed by atoms with van der Waals surface area (Å²) in [5, 5.41) is 8.69. The Bertz CT molecular complexity index is 255. The molecular formula is C9H21NO5S. The summed E-state index contributed by atoms with van der Waals surface area (Å²) in [7, 11) is -0.286. The second kappa shape index (κ2) is 8.89. The smallest absolute Gasteiger partial charge is 0.216 e. The van der Waals surface area contributed by atoms with Crippen molar-refractivity contribution in [3.63, 3.8) is 0 Å². The molecule has 7 heteroatoms. The van der Waals surface area contributed by atoms with E-state index in [4.69, 9.17) is 14.6 Å². The maximum absolute atomic E-state index is 11.7. The molecule has 0 rings (SSSR count). The predicted octanol–water partition coefficient (Wildman–Crippen LogP) is -0.707. The van der Waals surface area contributed by atoms with Gasteiger partial charge in [0.05, 0.1) is 19.0 Å². The number of ether oxygens (including phenoxy) is 2. The maximum Gasteiger partial charge on any atom is 0.216 e. The van der Waals surface area contributed by atoms with E-state index in [1.54, 1.807) is 7.11 Å². The lowest BCUT2D eigenvalue weighted by molar-refractivity contribution is 0.164. The third kappa shape index (κ3) is 6.39. The second-order valence-electron chi connectivity index (χ2n) is 3.28. The summed E-state index contributed by atoms with van der Waals surface area (Å²) in [4.78, 5) is 0. The van der Waals surface area contributed by atoms with E-state index in [9.17, 15) is 8.42 Å². The van der Waals surface area contributed by atoms with Gasteiger partial charge in [-0.15, -0.1) is 0 Å². The Labute approximate surface area is 97.2 Å². The molecule has 16 heavy (non-hydrogen) atoms. The molecule has 0 saturated carbocycles. The van der Waals surface area contributed by atoms with Crippen molar-refractivity contribution in [2.45, 2.75) is 6.42 Å². The molecule has 0 aromatic heterocycles. The van der Waals surface area contributed by atoms with Gasteiger partial charge in [0.2, 0.25) is 10.0 Å². The van der Waals surface area contributed by atoms with Gasteiger partial charge in [-0.3, -0.25) is 0 Å². The molecule has 0 heterocycles. The Balaban J connectivity index is 4.28. The van der Waals surface area contributed by atoms with Crippen LogP contribution in [0.25, 0.3) is 0 Å². The molecule has 0 aromatic carbocycles. The van der Waals surface area contributed by atoms with E-state index in [2.05, 4.69) is 0 Å². The van der Waals surface area contributed by atoms with Crippen LogP contribution in [0.15, 0.2) is 0 Å². The molecule has 0 aliphatic carbocycles. The van der Waals surface area contributed by atoms with Gasteiger partial charge in [0.25, 0.3) is 0 Å². The Hall–Kier alpha value is -0.210. The van der Waals surface area contributed by atoms with Gasteiger partial charge < -0.3 is 14.6 Å². The summed E-state index contributed by atoms with van der Waals surface area (Å²) in [5.41, 5.74) is 0. The molecule has 0 unspecified atom stereocenters. The molecule has 0 spiro atoms. The number of nitrogens with zero attached hydrogens (tertiary/aromatic N) is 1. The second-order valence-corrected chi connectivity index (χ2v) is 5.37. The summed E-state index contributed by atoms with van der Waals surface area (Å²) in [6, 6.07) is 0. The van der Waals surface area contributed by atoms with Crippen molar-refractivity contribution in [2.75, 3.05) is 52.9 Å². The lowest BCUT2D eigenvalue weighted by atomic mass is 10.4. The summed E-state index contributed by atoms with van der Waals surface area (Å²) >= 11 is 0. The molecule has 0 saturated heterocycles. The highest BCUT2D eigenvalue weighted by molar-refractivity contribution is 7.89. The number of hydrogen-bond acceptors (Lipinski definition) is 5. The highest BCUT2D eigenvalue weighted by Gasteiger charge is 2.20. The van der Waals surface area contributed by atoms with Crippen molar-refractivity contribution >= 4 is 10.0 Å². The van der Waals surface area contributed by atoms with Crippen molar-refractivity contribution in [1.82, 2.24) is 4.31 Å². The summed E-state index contributed by atoms with van der Waals surface area (Å²) in [6.07, 6.45) is 0.630. The van der Waals surface area contributed by atoms with E-state index in [0.29, 0.717) is 32.7 Å². The number of sulfonamides is 1. The molecule has 0 aromatic rings. The van der Waals surface area contributed by atoms with Crippen LogP contribution >= 0.6 is 0 Å². The number of rotatable bonds is 10. The quantitative estimate of drug-likeness (QED) is 0.522. The lowest BCUT2D eigenvalue weighted by Crippen LogP contribution is -2.37. The van der Waals surface area contributed by atoms with Crippen LogP contribution in [0.4, 0.5) is 0 Å². The zero-order valence-electron chi connectivity index (χ0n) is 9.89. The van der Waals surface area contributed by atoms with Gasteiger partial charge in [-0.2, -0.15) is 4.31 Å². The number of aliphatic hydroxyl groups is 1. The van der Waals surface area contributed by atoms with Crippen molar-refractivity contribution in [2.24, 2.45) is 0 Å². The summed E-state index contributed by atoms with van der Waals surface area (Å²) < 4.78 is 34.4. The van der Waals surface area contributed by atoms with E-state index in [-0.39, 0.29) is 12.4 Å². The Kier molecular flexibility index (Phi) is 8.77. The van der Waals surface area contributed by atoms with Gasteiger partial charge in [-0.05, 0) is 6.42 Å². The fourth-order valence-electron chi connectivity index (χ4n) is 1.21. The molecule has 0 bridgehead atoms. The van der Waals surface area contributed by atoms with Gasteiger partial charge in [0.1, 0.15) is 0 Å². The standard InChI is InChI=1S/C9H21NO5S/c1-14-7-3-4-10(5-8-15-2)16(12,13)9-6-11/h11H,3-9H2,1-2H3. The average Bonchev–Trinajstić information content (AvgIpc) is 2.22. The van der Waals surface area contributed by atoms with Crippen LogP contribution in [-0.2, 0) is 19.5 Å². The predicted molar refractivity (Wildman–Crippen MR) is 60.8 cm³/mol. The van der Waals surface area contributed by atoms with Crippen LogP contribution in [0.1, 0.15) is 6.42 Å². The van der Waals surface area contributed by atoms with Crippen molar-refractivity contribution < 1.29 is 23.0 Å². The molecule has 0 radical (unpaired) electrons. The number of aliphatic hydroxyl groups excluding tert-OH is 1. The van der Waals surface area contributed by atoms with Crippen LogP contribution in [0.2, 0.25) is 0 Å². The lowest BCUT2D eigenvalue weighted by Gasteiger charge is -2.21. The zero-order chi connectivity index (χ0) is 12.4. The van der Waals surface area contributed by atoms with Gasteiger partial charge in [-0.25, -0.2) is 8.42 Å². The SMILES string of the molecule is COCCCN(CCOC)S(=O)(=O)CCO. The van der Waals surface area contributed by atoms with Gasteiger partial charge >= 0.3 is 0 Å². The fraction of sp³-hybridized carbons (Fsp3) is 1.00. The fourth-order valence-corrected chi connectivity index (χ4v) is 2.46. The minimum absolute atomic E-state index is 0.246. The van der Waals surface area contributed by atoms with E-state index in [1.807, 2.05) is 0 Å². The van der Waals surface area contributed by atoms with E-state index < -0.39 is 10.0 Å². The number of hydrogen-bond donors (Lipinski definition) is 1. The first kappa shape index (κ1) is 15.8. The first-order valence-electron chi connectivity index (χ1n) is 5.15. The minimum Gasteiger partial charge on any atom is -0.395 e. The Morgan fingerprint density at radius 2 is 1.75 bits per heavy atom. The zero-order valence-corrected chi connectivity index (χ0v) is 10.7. The van der Waals surface area contributed by atoms with E-state index in [0.717, 1.165) is 0 Å². The summed E-state index contributed by atoms with van der Waals surface area (Å²) in [5.74, 6) is -0.246. The van der Waals surface area contributed by atoms with Gasteiger partial charge in [0.15, 0.2) is 0 Å². The first-order valence-corrected chi connectivity index (χ1v) is 6.76. The summed E-state index contributed by atoms with van der Waals surface area (Å²) in [6.45, 7) is 1.19. The van der Waals surface area contributed by atoms with Gasteiger partial charge in [0, 0.05) is 33.9 Å².